The third-order valence-corrected chi connectivity index (χ3v) is 5.32. The molecule has 0 aliphatic heterocycles. The molecule has 0 bridgehead atoms. The van der Waals surface area contributed by atoms with Crippen LogP contribution in [0.25, 0.3) is 0 Å². The number of hydrogen-bond donors (Lipinski definition) is 0. The number of hydrogen-bond acceptors (Lipinski definition) is 0. The van der Waals surface area contributed by atoms with E-state index in [9.17, 15) is 0 Å². The molecule has 0 N–H and O–H groups in total. The first-order valence-corrected chi connectivity index (χ1v) is 4.85. The quantitative estimate of drug-likeness (QED) is 0.515. The van der Waals surface area contributed by atoms with Crippen molar-refractivity contribution in [3.05, 3.63) is 0 Å². The molecule has 5 unspecified atom stereocenters. The molecule has 54 valence electrons. The first-order chi connectivity index (χ1) is 4.85. The molecule has 0 aromatic rings. The average Bonchev–Trinajstić information content (AvgIpc) is 2.75. The lowest BCUT2D eigenvalue weighted by Gasteiger charge is -2.26. The van der Waals surface area contributed by atoms with Gasteiger partial charge in [-0.15, -0.1) is 0 Å². The van der Waals surface area contributed by atoms with Crippen LogP contribution >= 0.6 is 0 Å². The molecule has 0 nitrogen and oxygen atoms in total. The van der Waals surface area contributed by atoms with E-state index in [0.29, 0.717) is 0 Å². The highest BCUT2D eigenvalue weighted by Gasteiger charge is 3.07. The highest BCUT2D eigenvalue weighted by Crippen LogP contribution is 3.10. The van der Waals surface area contributed by atoms with Crippen molar-refractivity contribution in [2.75, 3.05) is 0 Å². The first-order valence-electron chi connectivity index (χ1n) is 4.85. The Bertz CT molecular complexity index is 230. The van der Waals surface area contributed by atoms with Crippen molar-refractivity contribution in [3.8, 4) is 0 Å². The second kappa shape index (κ2) is 0.922. The van der Waals surface area contributed by atoms with E-state index < -0.39 is 0 Å². The number of fused-ring (bicyclic) bond motifs is 3. The first kappa shape index (κ1) is 4.79. The summed E-state index contributed by atoms with van der Waals surface area (Å²) in [6, 6.07) is 0. The maximum absolute atomic E-state index is 2.50. The fourth-order valence-corrected chi connectivity index (χ4v) is 4.97. The van der Waals surface area contributed by atoms with Crippen molar-refractivity contribution in [1.29, 1.82) is 0 Å². The lowest BCUT2D eigenvalue weighted by molar-refractivity contribution is 0.222. The summed E-state index contributed by atoms with van der Waals surface area (Å²) >= 11 is 0. The van der Waals surface area contributed by atoms with Gasteiger partial charge in [0.15, 0.2) is 0 Å². The van der Waals surface area contributed by atoms with E-state index in [0.717, 1.165) is 17.3 Å². The maximum atomic E-state index is 2.50. The van der Waals surface area contributed by atoms with Gasteiger partial charge in [-0.25, -0.2) is 0 Å². The maximum Gasteiger partial charge on any atom is -0.0161 e. The highest BCUT2D eigenvalue weighted by molar-refractivity contribution is 5.53. The zero-order valence-electron chi connectivity index (χ0n) is 6.67. The van der Waals surface area contributed by atoms with Crippen LogP contribution in [0.1, 0.15) is 20.3 Å². The lowest BCUT2D eigenvalue weighted by Crippen LogP contribution is -2.20. The van der Waals surface area contributed by atoms with Gasteiger partial charge in [-0.2, -0.15) is 0 Å². The zero-order valence-corrected chi connectivity index (χ0v) is 6.67. The van der Waals surface area contributed by atoms with E-state index >= 15 is 0 Å². The molecular formula is C10H14. The molecule has 7 atom stereocenters. The Balaban J connectivity index is 1.78. The van der Waals surface area contributed by atoms with Gasteiger partial charge in [-0.05, 0) is 40.9 Å². The van der Waals surface area contributed by atoms with E-state index in [1.165, 1.54) is 30.1 Å². The minimum Gasteiger partial charge on any atom is -0.0651 e. The van der Waals surface area contributed by atoms with Crippen LogP contribution < -0.4 is 0 Å². The molecule has 0 radical (unpaired) electrons. The van der Waals surface area contributed by atoms with Crippen molar-refractivity contribution >= 4 is 0 Å². The van der Waals surface area contributed by atoms with Crippen LogP contribution in [-0.4, -0.2) is 0 Å². The molecular weight excluding hydrogens is 120 g/mol. The van der Waals surface area contributed by atoms with Crippen LogP contribution in [0.3, 0.4) is 0 Å². The Hall–Kier alpha value is 0. The van der Waals surface area contributed by atoms with Crippen molar-refractivity contribution in [1.82, 2.24) is 0 Å². The predicted octanol–water partition coefficient (Wildman–Crippen LogP) is 2.15. The summed E-state index contributed by atoms with van der Waals surface area (Å²) < 4.78 is 0. The molecule has 0 heteroatoms. The van der Waals surface area contributed by atoms with Crippen LogP contribution in [0.2, 0.25) is 0 Å². The second-order valence-electron chi connectivity index (χ2n) is 5.03. The minimum absolute atomic E-state index is 1.06. The monoisotopic (exact) mass is 134 g/mol. The van der Waals surface area contributed by atoms with Crippen LogP contribution in [-0.2, 0) is 0 Å². The van der Waals surface area contributed by atoms with E-state index in [-0.39, 0.29) is 0 Å². The summed E-state index contributed by atoms with van der Waals surface area (Å²) in [5.41, 5.74) is 1.06. The molecule has 4 saturated carbocycles. The Labute approximate surface area is 62.0 Å². The summed E-state index contributed by atoms with van der Waals surface area (Å²) in [4.78, 5) is 0. The molecule has 4 fully saturated rings. The summed E-state index contributed by atoms with van der Waals surface area (Å²) in [5, 5.41) is 0. The molecule has 4 aliphatic carbocycles. The van der Waals surface area contributed by atoms with Crippen molar-refractivity contribution in [2.45, 2.75) is 20.3 Å². The molecule has 0 saturated heterocycles. The second-order valence-corrected chi connectivity index (χ2v) is 5.03. The molecule has 0 amide bonds. The summed E-state index contributed by atoms with van der Waals surface area (Å²) in [5.74, 6) is 7.34. The predicted molar refractivity (Wildman–Crippen MR) is 39.3 cm³/mol. The number of rotatable bonds is 1. The SMILES string of the molecule is CCC1C(C)C2[C@H]3C4[C@@H]1C243. The van der Waals surface area contributed by atoms with E-state index in [1.807, 2.05) is 0 Å². The van der Waals surface area contributed by atoms with Crippen LogP contribution in [0.5, 0.6) is 0 Å². The van der Waals surface area contributed by atoms with Gasteiger partial charge < -0.3 is 0 Å². The Morgan fingerprint density at radius 3 is 2.20 bits per heavy atom. The lowest BCUT2D eigenvalue weighted by atomic mass is 9.79. The molecule has 4 aliphatic rings. The van der Waals surface area contributed by atoms with Gasteiger partial charge in [-0.1, -0.05) is 20.3 Å². The fourth-order valence-electron chi connectivity index (χ4n) is 4.97. The summed E-state index contributed by atoms with van der Waals surface area (Å²) in [6.45, 7) is 4.89. The largest absolute Gasteiger partial charge is 0.0651 e. The standard InChI is InChI=1S/C10H14/c1-3-5-4(2)6-8-9-7(5)10(6,8)9/h4-9H,3H2,1-2H3/t4?,5?,6?,7-,8+,9?,10?/m1/s1. The summed E-state index contributed by atoms with van der Waals surface area (Å²) in [6.07, 6.45) is 1.47. The van der Waals surface area contributed by atoms with Gasteiger partial charge in [0.1, 0.15) is 0 Å². The van der Waals surface area contributed by atoms with Gasteiger partial charge >= 0.3 is 0 Å². The van der Waals surface area contributed by atoms with Gasteiger partial charge in [0.05, 0.1) is 0 Å². The Kier molecular flexibility index (Phi) is 0.442. The van der Waals surface area contributed by atoms with Gasteiger partial charge in [0.2, 0.25) is 0 Å². The van der Waals surface area contributed by atoms with E-state index in [4.69, 9.17) is 0 Å². The van der Waals surface area contributed by atoms with Gasteiger partial charge in [0, 0.05) is 0 Å². The Morgan fingerprint density at radius 1 is 1.10 bits per heavy atom. The topological polar surface area (TPSA) is 0 Å². The molecule has 4 rings (SSSR count). The third-order valence-electron chi connectivity index (χ3n) is 5.32. The Morgan fingerprint density at radius 2 is 1.80 bits per heavy atom. The molecule has 0 aromatic carbocycles. The van der Waals surface area contributed by atoms with Crippen LogP contribution in [0.4, 0.5) is 0 Å². The van der Waals surface area contributed by atoms with Crippen LogP contribution in [0, 0.1) is 40.9 Å². The van der Waals surface area contributed by atoms with Crippen molar-refractivity contribution < 1.29 is 0 Å². The van der Waals surface area contributed by atoms with Gasteiger partial charge in [-0.3, -0.25) is 0 Å². The van der Waals surface area contributed by atoms with E-state index in [1.54, 1.807) is 0 Å². The fraction of sp³-hybridized carbons (Fsp3) is 1.00. The zero-order chi connectivity index (χ0) is 6.67. The van der Waals surface area contributed by atoms with E-state index in [2.05, 4.69) is 13.8 Å². The summed E-state index contributed by atoms with van der Waals surface area (Å²) in [7, 11) is 0. The normalized spacial score (nSPS) is 85.8. The molecule has 10 heavy (non-hydrogen) atoms. The molecule has 1 spiro atoms. The van der Waals surface area contributed by atoms with Gasteiger partial charge in [0.25, 0.3) is 0 Å². The smallest absolute Gasteiger partial charge is 0.0161 e. The average molecular weight is 134 g/mol. The van der Waals surface area contributed by atoms with Crippen molar-refractivity contribution in [2.24, 2.45) is 40.9 Å². The minimum atomic E-state index is 1.06. The highest BCUT2D eigenvalue weighted by atomic mass is 15.1. The van der Waals surface area contributed by atoms with Crippen LogP contribution in [0.15, 0.2) is 0 Å². The third kappa shape index (κ3) is 0.202. The molecule has 0 aromatic heterocycles. The van der Waals surface area contributed by atoms with Crippen molar-refractivity contribution in [3.63, 3.8) is 0 Å². The molecule has 0 heterocycles.